The highest BCUT2D eigenvalue weighted by Gasteiger charge is 2.05. The van der Waals surface area contributed by atoms with Crippen LogP contribution in [0, 0.1) is 0 Å². The Bertz CT molecular complexity index is 235. The van der Waals surface area contributed by atoms with E-state index in [2.05, 4.69) is 0 Å². The van der Waals surface area contributed by atoms with Gasteiger partial charge < -0.3 is 15.6 Å². The number of hydrogen-bond donors (Lipinski definition) is 2. The fraction of sp³-hybridized carbons (Fsp3) is 0.250. The van der Waals surface area contributed by atoms with Crippen molar-refractivity contribution in [3.8, 4) is 5.75 Å². The first kappa shape index (κ1) is 8.04. The SMILES string of the molecule is COc1ccccc1C(N)O. The summed E-state index contributed by atoms with van der Waals surface area (Å²) >= 11 is 0. The Morgan fingerprint density at radius 2 is 2.09 bits per heavy atom. The van der Waals surface area contributed by atoms with Crippen LogP contribution in [0.1, 0.15) is 11.8 Å². The van der Waals surface area contributed by atoms with E-state index >= 15 is 0 Å². The lowest BCUT2D eigenvalue weighted by Crippen LogP contribution is -2.09. The van der Waals surface area contributed by atoms with Gasteiger partial charge in [-0.3, -0.25) is 0 Å². The monoisotopic (exact) mass is 153 g/mol. The minimum atomic E-state index is -0.967. The lowest BCUT2D eigenvalue weighted by molar-refractivity contribution is 0.181. The molecule has 3 heteroatoms. The largest absolute Gasteiger partial charge is 0.496 e. The van der Waals surface area contributed by atoms with E-state index in [0.717, 1.165) is 0 Å². The molecule has 1 rings (SSSR count). The van der Waals surface area contributed by atoms with Gasteiger partial charge in [-0.1, -0.05) is 18.2 Å². The molecule has 1 aromatic rings. The molecule has 3 nitrogen and oxygen atoms in total. The normalized spacial score (nSPS) is 12.6. The minimum Gasteiger partial charge on any atom is -0.496 e. The Hall–Kier alpha value is -1.06. The third-order valence-electron chi connectivity index (χ3n) is 1.46. The van der Waals surface area contributed by atoms with Crippen molar-refractivity contribution in [2.75, 3.05) is 7.11 Å². The van der Waals surface area contributed by atoms with Crippen molar-refractivity contribution >= 4 is 0 Å². The molecule has 0 bridgehead atoms. The molecule has 0 aliphatic carbocycles. The van der Waals surface area contributed by atoms with Crippen LogP contribution in [0.4, 0.5) is 0 Å². The molecule has 0 spiro atoms. The second-order valence-corrected chi connectivity index (χ2v) is 2.19. The number of aliphatic hydroxyl groups is 1. The van der Waals surface area contributed by atoms with E-state index in [1.165, 1.54) is 0 Å². The zero-order chi connectivity index (χ0) is 8.27. The van der Waals surface area contributed by atoms with Gasteiger partial charge in [0, 0.05) is 5.56 Å². The van der Waals surface area contributed by atoms with Crippen molar-refractivity contribution in [1.82, 2.24) is 0 Å². The number of aliphatic hydroxyl groups excluding tert-OH is 1. The third kappa shape index (κ3) is 1.69. The molecule has 11 heavy (non-hydrogen) atoms. The van der Waals surface area contributed by atoms with Gasteiger partial charge in [0.05, 0.1) is 7.11 Å². The number of ether oxygens (including phenoxy) is 1. The van der Waals surface area contributed by atoms with Gasteiger partial charge in [0.2, 0.25) is 0 Å². The highest BCUT2D eigenvalue weighted by Crippen LogP contribution is 2.20. The molecule has 1 atom stereocenters. The highest BCUT2D eigenvalue weighted by atomic mass is 16.5. The molecule has 0 radical (unpaired) electrons. The molecule has 0 saturated carbocycles. The van der Waals surface area contributed by atoms with Crippen molar-refractivity contribution in [2.45, 2.75) is 6.23 Å². The first-order valence-corrected chi connectivity index (χ1v) is 3.32. The fourth-order valence-electron chi connectivity index (χ4n) is 0.911. The smallest absolute Gasteiger partial charge is 0.132 e. The lowest BCUT2D eigenvalue weighted by atomic mass is 10.2. The summed E-state index contributed by atoms with van der Waals surface area (Å²) in [5, 5.41) is 9.03. The molecule has 1 aromatic carbocycles. The molecule has 0 aliphatic rings. The Morgan fingerprint density at radius 3 is 2.55 bits per heavy atom. The first-order valence-electron chi connectivity index (χ1n) is 3.32. The minimum absolute atomic E-state index is 0.606. The lowest BCUT2D eigenvalue weighted by Gasteiger charge is -2.09. The molecule has 0 saturated heterocycles. The van der Waals surface area contributed by atoms with Gasteiger partial charge >= 0.3 is 0 Å². The van der Waals surface area contributed by atoms with Gasteiger partial charge in [-0.05, 0) is 6.07 Å². The van der Waals surface area contributed by atoms with Gasteiger partial charge in [0.15, 0.2) is 0 Å². The van der Waals surface area contributed by atoms with Crippen molar-refractivity contribution < 1.29 is 9.84 Å². The van der Waals surface area contributed by atoms with Crippen LogP contribution in [0.2, 0.25) is 0 Å². The number of benzene rings is 1. The molecule has 60 valence electrons. The second-order valence-electron chi connectivity index (χ2n) is 2.19. The molecule has 0 amide bonds. The van der Waals surface area contributed by atoms with E-state index < -0.39 is 6.23 Å². The van der Waals surface area contributed by atoms with Crippen LogP contribution in [0.15, 0.2) is 24.3 Å². The van der Waals surface area contributed by atoms with E-state index in [0.29, 0.717) is 11.3 Å². The van der Waals surface area contributed by atoms with E-state index in [1.54, 1.807) is 25.3 Å². The van der Waals surface area contributed by atoms with Crippen molar-refractivity contribution in [3.63, 3.8) is 0 Å². The Kier molecular flexibility index (Phi) is 2.46. The summed E-state index contributed by atoms with van der Waals surface area (Å²) in [6, 6.07) is 7.10. The first-order chi connectivity index (χ1) is 5.25. The summed E-state index contributed by atoms with van der Waals surface area (Å²) in [5.41, 5.74) is 5.87. The van der Waals surface area contributed by atoms with Crippen molar-refractivity contribution in [1.29, 1.82) is 0 Å². The molecule has 0 fully saturated rings. The molecule has 1 unspecified atom stereocenters. The summed E-state index contributed by atoms with van der Waals surface area (Å²) in [6.45, 7) is 0. The molecular weight excluding hydrogens is 142 g/mol. The average molecular weight is 153 g/mol. The van der Waals surface area contributed by atoms with Gasteiger partial charge in [-0.2, -0.15) is 0 Å². The van der Waals surface area contributed by atoms with Crippen molar-refractivity contribution in [3.05, 3.63) is 29.8 Å². The molecule has 0 heterocycles. The van der Waals surface area contributed by atoms with Crippen LogP contribution in [0.3, 0.4) is 0 Å². The maximum absolute atomic E-state index is 9.03. The quantitative estimate of drug-likeness (QED) is 0.613. The molecule has 0 aliphatic heterocycles. The summed E-state index contributed by atoms with van der Waals surface area (Å²) < 4.78 is 4.97. The summed E-state index contributed by atoms with van der Waals surface area (Å²) in [5.74, 6) is 0.613. The highest BCUT2D eigenvalue weighted by molar-refractivity contribution is 5.34. The fourth-order valence-corrected chi connectivity index (χ4v) is 0.911. The van der Waals surface area contributed by atoms with Crippen LogP contribution in [0.25, 0.3) is 0 Å². The maximum atomic E-state index is 9.03. The van der Waals surface area contributed by atoms with Crippen LogP contribution in [0.5, 0.6) is 5.75 Å². The van der Waals surface area contributed by atoms with Crippen LogP contribution in [-0.4, -0.2) is 12.2 Å². The van der Waals surface area contributed by atoms with Crippen LogP contribution >= 0.6 is 0 Å². The zero-order valence-electron chi connectivity index (χ0n) is 6.32. The second kappa shape index (κ2) is 3.37. The van der Waals surface area contributed by atoms with E-state index in [-0.39, 0.29) is 0 Å². The third-order valence-corrected chi connectivity index (χ3v) is 1.46. The Morgan fingerprint density at radius 1 is 1.45 bits per heavy atom. The number of methoxy groups -OCH3 is 1. The molecule has 3 N–H and O–H groups in total. The zero-order valence-corrected chi connectivity index (χ0v) is 6.32. The predicted molar refractivity (Wildman–Crippen MR) is 42.1 cm³/mol. The number of rotatable bonds is 2. The molecule has 0 aromatic heterocycles. The van der Waals surface area contributed by atoms with Crippen molar-refractivity contribution in [2.24, 2.45) is 5.73 Å². The standard InChI is InChI=1S/C8H11NO2/c1-11-7-5-3-2-4-6(7)8(9)10/h2-5,8,10H,9H2,1H3. The maximum Gasteiger partial charge on any atom is 0.132 e. The average Bonchev–Trinajstić information content (AvgIpc) is 2.04. The van der Waals surface area contributed by atoms with Gasteiger partial charge in [0.1, 0.15) is 12.0 Å². The molecular formula is C8H11NO2. The van der Waals surface area contributed by atoms with E-state index in [9.17, 15) is 0 Å². The summed E-state index contributed by atoms with van der Waals surface area (Å²) in [7, 11) is 1.54. The topological polar surface area (TPSA) is 55.5 Å². The Labute approximate surface area is 65.4 Å². The van der Waals surface area contributed by atoms with Crippen LogP contribution in [-0.2, 0) is 0 Å². The van der Waals surface area contributed by atoms with Gasteiger partial charge in [-0.15, -0.1) is 0 Å². The summed E-state index contributed by atoms with van der Waals surface area (Å²) in [4.78, 5) is 0. The predicted octanol–water partition coefficient (Wildman–Crippen LogP) is 0.645. The number of para-hydroxylation sites is 1. The Balaban J connectivity index is 3.02. The summed E-state index contributed by atoms with van der Waals surface area (Å²) in [6.07, 6.45) is -0.967. The van der Waals surface area contributed by atoms with E-state index in [4.69, 9.17) is 15.6 Å². The van der Waals surface area contributed by atoms with Gasteiger partial charge in [-0.25, -0.2) is 0 Å². The number of hydrogen-bond acceptors (Lipinski definition) is 3. The number of nitrogens with two attached hydrogens (primary N) is 1. The van der Waals surface area contributed by atoms with E-state index in [1.807, 2.05) is 6.07 Å². The van der Waals surface area contributed by atoms with Gasteiger partial charge in [0.25, 0.3) is 0 Å². The van der Waals surface area contributed by atoms with Crippen LogP contribution < -0.4 is 10.5 Å².